The van der Waals surface area contributed by atoms with Gasteiger partial charge in [0.25, 0.3) is 15.9 Å². The lowest BCUT2D eigenvalue weighted by atomic mass is 9.85. The topological polar surface area (TPSA) is 182 Å². The van der Waals surface area contributed by atoms with E-state index in [-0.39, 0.29) is 30.5 Å². The number of likely N-dealkylation sites (tertiary alicyclic amines) is 1. The molecule has 0 spiro atoms. The van der Waals surface area contributed by atoms with E-state index in [1.54, 1.807) is 72.9 Å². The molecule has 3 N–H and O–H groups in total. The molecule has 6 rings (SSSR count). The smallest absolute Gasteiger partial charge is 0.408 e. The maximum atomic E-state index is 14.7. The first-order valence-corrected chi connectivity index (χ1v) is 20.8. The number of ether oxygens (including phenoxy) is 3. The monoisotopic (exact) mass is 843 g/mol. The largest absolute Gasteiger partial charge is 0.497 e. The molecular weight excluding hydrogens is 794 g/mol. The van der Waals surface area contributed by atoms with Crippen LogP contribution in [0.15, 0.2) is 89.8 Å². The van der Waals surface area contributed by atoms with Crippen molar-refractivity contribution < 1.29 is 46.2 Å². The Bertz CT molecular complexity index is 2480. The number of aryl methyl sites for hydroxylation is 1. The number of hydrogen-bond acceptors (Lipinski definition) is 10. The zero-order valence-electron chi connectivity index (χ0n) is 34.8. The molecule has 4 aromatic rings. The molecule has 60 heavy (non-hydrogen) atoms. The summed E-state index contributed by atoms with van der Waals surface area (Å²) in [5.41, 5.74) is -1.19. The second kappa shape index (κ2) is 16.2. The van der Waals surface area contributed by atoms with Crippen LogP contribution in [-0.4, -0.2) is 85.1 Å². The van der Waals surface area contributed by atoms with Crippen molar-refractivity contribution in [2.75, 3.05) is 13.7 Å². The number of nitrogens with zero attached hydrogens (tertiary/aromatic N) is 2. The third kappa shape index (κ3) is 9.38. The number of rotatable bonds is 11. The third-order valence-electron chi connectivity index (χ3n) is 10.3. The molecule has 0 bridgehead atoms. The van der Waals surface area contributed by atoms with Crippen LogP contribution in [0.1, 0.15) is 59.9 Å². The van der Waals surface area contributed by atoms with Crippen LogP contribution in [-0.2, 0) is 29.1 Å². The molecule has 2 aliphatic rings. The fraction of sp³-hybridized carbons (Fsp3) is 0.386. The number of nitrogens with one attached hydrogen (secondary N) is 3. The first kappa shape index (κ1) is 43.5. The molecule has 14 nitrogen and oxygen atoms in total. The number of carbonyl (C=O) groups is 4. The van der Waals surface area contributed by atoms with Gasteiger partial charge in [-0.2, -0.15) is 0 Å². The van der Waals surface area contributed by atoms with Crippen LogP contribution >= 0.6 is 0 Å². The molecule has 1 aliphatic heterocycles. The van der Waals surface area contributed by atoms with Crippen molar-refractivity contribution in [2.45, 2.75) is 95.5 Å². The van der Waals surface area contributed by atoms with Crippen LogP contribution < -0.4 is 24.8 Å². The molecule has 4 amide bonds. The summed E-state index contributed by atoms with van der Waals surface area (Å²) in [4.78, 5) is 61.7. The average molecular weight is 844 g/mol. The fourth-order valence-electron chi connectivity index (χ4n) is 7.08. The van der Waals surface area contributed by atoms with E-state index in [4.69, 9.17) is 19.2 Å². The lowest BCUT2D eigenvalue weighted by Gasteiger charge is -2.36. The maximum Gasteiger partial charge on any atom is 0.408 e. The maximum absolute atomic E-state index is 14.7. The summed E-state index contributed by atoms with van der Waals surface area (Å²) in [6.07, 6.45) is -1.79. The van der Waals surface area contributed by atoms with Crippen molar-refractivity contribution in [3.63, 3.8) is 0 Å². The number of fused-ring (bicyclic) bond motifs is 1. The van der Waals surface area contributed by atoms with E-state index >= 15 is 0 Å². The Kier molecular flexibility index (Phi) is 11.8. The first-order chi connectivity index (χ1) is 28.0. The molecule has 1 aromatic heterocycles. The first-order valence-electron chi connectivity index (χ1n) is 19.4. The van der Waals surface area contributed by atoms with Crippen molar-refractivity contribution in [1.82, 2.24) is 25.2 Å². The zero-order valence-corrected chi connectivity index (χ0v) is 35.7. The summed E-state index contributed by atoms with van der Waals surface area (Å²) in [5.74, 6) is -2.33. The minimum absolute atomic E-state index is 0.0630. The van der Waals surface area contributed by atoms with Crippen LogP contribution in [0.4, 0.5) is 9.18 Å². The minimum Gasteiger partial charge on any atom is -0.497 e. The van der Waals surface area contributed by atoms with Crippen molar-refractivity contribution in [1.29, 1.82) is 0 Å². The quantitative estimate of drug-likeness (QED) is 0.152. The van der Waals surface area contributed by atoms with E-state index in [0.717, 1.165) is 17.7 Å². The van der Waals surface area contributed by atoms with Gasteiger partial charge in [0, 0.05) is 35.9 Å². The summed E-state index contributed by atoms with van der Waals surface area (Å²) in [5, 5.41) is 6.01. The average Bonchev–Trinajstić information content (AvgIpc) is 3.62. The summed E-state index contributed by atoms with van der Waals surface area (Å²) in [6, 6.07) is 17.3. The van der Waals surface area contributed by atoms with E-state index in [1.165, 1.54) is 17.9 Å². The summed E-state index contributed by atoms with van der Waals surface area (Å²) in [7, 11) is -3.03. The van der Waals surface area contributed by atoms with Gasteiger partial charge in [0.05, 0.1) is 29.8 Å². The van der Waals surface area contributed by atoms with E-state index in [0.29, 0.717) is 28.1 Å². The number of benzene rings is 3. The highest BCUT2D eigenvalue weighted by molar-refractivity contribution is 7.90. The molecule has 1 saturated carbocycles. The molecular formula is C44H50FN5O9S. The van der Waals surface area contributed by atoms with E-state index in [9.17, 15) is 32.0 Å². The number of carbonyl (C=O) groups excluding carboxylic acids is 4. The van der Waals surface area contributed by atoms with Crippen molar-refractivity contribution in [2.24, 2.45) is 5.41 Å². The molecule has 2 heterocycles. The Morgan fingerprint density at radius 1 is 0.983 bits per heavy atom. The Labute approximate surface area is 348 Å². The Morgan fingerprint density at radius 3 is 2.28 bits per heavy atom. The third-order valence-corrected chi connectivity index (χ3v) is 11.8. The molecule has 4 atom stereocenters. The van der Waals surface area contributed by atoms with Gasteiger partial charge in [-0.15, -0.1) is 0 Å². The van der Waals surface area contributed by atoms with Crippen LogP contribution in [0.5, 0.6) is 11.5 Å². The fourth-order valence-corrected chi connectivity index (χ4v) is 8.37. The van der Waals surface area contributed by atoms with Gasteiger partial charge < -0.3 is 29.7 Å². The normalized spacial score (nSPS) is 19.6. The number of halogens is 1. The van der Waals surface area contributed by atoms with Crippen LogP contribution in [0, 0.1) is 18.2 Å². The lowest BCUT2D eigenvalue weighted by molar-refractivity contribution is -0.142. The SMILES string of the molecule is C=C1CC1(NC(=O)C1CC(Oc2cc(-c3ccccc3)nc3cc(OC)ccc23)CN1C(=O)C(NC(=O)OC(C)(C)C)C(C)(C)C)C(=O)NS(=O)(=O)c1cc(F)ccc1C. The standard InChI is InChI=1S/C44H50FN5O9S/c1-25-15-16-28(45)19-36(25)60(55,56)49-40(53)44(23-26(44)2)48-38(51)34-21-30(24-50(34)39(52)37(42(3,4)5)47-41(54)59-43(6,7)8)58-35-22-32(27-13-11-10-12-14-27)46-33-20-29(57-9)17-18-31(33)35/h10-20,22,30,34,37H,2,21,23-24H2,1,3-9H3,(H,47,54)(H,48,51)(H,49,53). The Balaban J connectivity index is 1.34. The van der Waals surface area contributed by atoms with Crippen LogP contribution in [0.2, 0.25) is 0 Å². The highest BCUT2D eigenvalue weighted by atomic mass is 32.2. The summed E-state index contributed by atoms with van der Waals surface area (Å²) >= 11 is 0. The number of amides is 4. The Hall–Kier alpha value is -6.03. The van der Waals surface area contributed by atoms with Gasteiger partial charge in [-0.3, -0.25) is 14.4 Å². The minimum atomic E-state index is -4.58. The van der Waals surface area contributed by atoms with Gasteiger partial charge in [-0.05, 0) is 68.5 Å². The van der Waals surface area contributed by atoms with Gasteiger partial charge in [0.1, 0.15) is 46.6 Å². The highest BCUT2D eigenvalue weighted by Gasteiger charge is 2.58. The molecule has 0 radical (unpaired) electrons. The summed E-state index contributed by atoms with van der Waals surface area (Å²) < 4.78 is 60.3. The van der Waals surface area contributed by atoms with Gasteiger partial charge in [-0.25, -0.2) is 27.3 Å². The molecule has 318 valence electrons. The number of sulfonamides is 1. The van der Waals surface area contributed by atoms with Gasteiger partial charge in [0.2, 0.25) is 11.8 Å². The van der Waals surface area contributed by atoms with Crippen molar-refractivity contribution in [3.8, 4) is 22.8 Å². The van der Waals surface area contributed by atoms with Crippen molar-refractivity contribution in [3.05, 3.63) is 96.3 Å². The number of hydrogen-bond donors (Lipinski definition) is 3. The number of methoxy groups -OCH3 is 1. The predicted octanol–water partition coefficient (Wildman–Crippen LogP) is 5.97. The van der Waals surface area contributed by atoms with Gasteiger partial charge >= 0.3 is 6.09 Å². The lowest BCUT2D eigenvalue weighted by Crippen LogP contribution is -2.60. The number of alkyl carbamates (subject to hydrolysis) is 1. The van der Waals surface area contributed by atoms with Gasteiger partial charge in [-0.1, -0.05) is 63.7 Å². The predicted molar refractivity (Wildman–Crippen MR) is 222 cm³/mol. The number of aromatic nitrogens is 1. The highest BCUT2D eigenvalue weighted by Crippen LogP contribution is 2.43. The van der Waals surface area contributed by atoms with Crippen LogP contribution in [0.3, 0.4) is 0 Å². The Morgan fingerprint density at radius 2 is 1.67 bits per heavy atom. The molecule has 4 unspecified atom stereocenters. The zero-order chi connectivity index (χ0) is 43.9. The molecule has 16 heteroatoms. The van der Waals surface area contributed by atoms with E-state index in [1.807, 2.05) is 35.1 Å². The van der Waals surface area contributed by atoms with Crippen LogP contribution in [0.25, 0.3) is 22.2 Å². The second-order valence-corrected chi connectivity index (χ2v) is 18.9. The second-order valence-electron chi connectivity index (χ2n) is 17.2. The molecule has 2 fully saturated rings. The molecule has 1 saturated heterocycles. The van der Waals surface area contributed by atoms with E-state index in [2.05, 4.69) is 17.2 Å². The van der Waals surface area contributed by atoms with E-state index < -0.39 is 79.3 Å². The van der Waals surface area contributed by atoms with Gasteiger partial charge in [0.15, 0.2) is 0 Å². The molecule has 1 aliphatic carbocycles. The number of pyridine rings is 1. The summed E-state index contributed by atoms with van der Waals surface area (Å²) in [6.45, 7) is 15.5. The molecule has 3 aromatic carbocycles. The van der Waals surface area contributed by atoms with Crippen molar-refractivity contribution >= 4 is 44.7 Å².